The number of anilines is 1. The van der Waals surface area contributed by atoms with Gasteiger partial charge in [-0.2, -0.15) is 0 Å². The Morgan fingerprint density at radius 3 is 2.52 bits per heavy atom. The zero-order valence-electron chi connectivity index (χ0n) is 12.7. The van der Waals surface area contributed by atoms with E-state index >= 15 is 0 Å². The maximum Gasteiger partial charge on any atom is 0.253 e. The van der Waals surface area contributed by atoms with Crippen molar-refractivity contribution in [1.82, 2.24) is 5.32 Å². The summed E-state index contributed by atoms with van der Waals surface area (Å²) in [5, 5.41) is 5.99. The molecule has 0 aliphatic heterocycles. The molecule has 0 fully saturated rings. The highest BCUT2D eigenvalue weighted by Gasteiger charge is 2.11. The molecule has 0 aliphatic rings. The van der Waals surface area contributed by atoms with Crippen molar-refractivity contribution >= 4 is 35.2 Å². The summed E-state index contributed by atoms with van der Waals surface area (Å²) in [6.45, 7) is 2.36. The Labute approximate surface area is 140 Å². The zero-order valence-corrected chi connectivity index (χ0v) is 13.4. The van der Waals surface area contributed by atoms with Crippen molar-refractivity contribution in [1.29, 1.82) is 0 Å². The molecule has 0 atom stereocenters. The molecule has 2 amide bonds. The van der Waals surface area contributed by atoms with E-state index in [0.29, 0.717) is 22.8 Å². The van der Waals surface area contributed by atoms with Crippen LogP contribution in [0.1, 0.15) is 22.8 Å². The number of carbonyl (C=O) groups excluding carboxylic acids is 2. The summed E-state index contributed by atoms with van der Waals surface area (Å²) in [5.41, 5.74) is 1.64. The minimum absolute atomic E-state index is 0.224. The monoisotopic (exact) mass is 328 g/mol. The standard InChI is InChI=1S/C18H17ClN2O2/c1-2-20-18(23)14-8-4-6-10-16(14)21-17(22)12-11-13-7-3-5-9-15(13)19/h3-12H,2H2,1H3,(H,20,23)(H,21,22)/b12-11+. The van der Waals surface area contributed by atoms with Gasteiger partial charge in [-0.1, -0.05) is 41.9 Å². The van der Waals surface area contributed by atoms with E-state index in [9.17, 15) is 9.59 Å². The molecule has 0 spiro atoms. The Balaban J connectivity index is 2.12. The van der Waals surface area contributed by atoms with Gasteiger partial charge in [0.05, 0.1) is 11.3 Å². The first-order chi connectivity index (χ1) is 11.1. The fourth-order valence-electron chi connectivity index (χ4n) is 2.00. The Kier molecular flexibility index (Phi) is 5.94. The third kappa shape index (κ3) is 4.69. The second-order valence-corrected chi connectivity index (χ2v) is 5.16. The van der Waals surface area contributed by atoms with E-state index in [1.165, 1.54) is 6.08 Å². The first-order valence-corrected chi connectivity index (χ1v) is 7.60. The van der Waals surface area contributed by atoms with Crippen LogP contribution >= 0.6 is 11.6 Å². The summed E-state index contributed by atoms with van der Waals surface area (Å²) >= 11 is 6.03. The summed E-state index contributed by atoms with van der Waals surface area (Å²) < 4.78 is 0. The van der Waals surface area contributed by atoms with E-state index in [0.717, 1.165) is 5.56 Å². The molecule has 0 unspecified atom stereocenters. The van der Waals surface area contributed by atoms with E-state index in [1.807, 2.05) is 25.1 Å². The van der Waals surface area contributed by atoms with Gasteiger partial charge in [0.2, 0.25) is 5.91 Å². The SMILES string of the molecule is CCNC(=O)c1ccccc1NC(=O)/C=C/c1ccccc1Cl. The molecule has 0 bridgehead atoms. The molecule has 0 heterocycles. The lowest BCUT2D eigenvalue weighted by atomic mass is 10.1. The zero-order chi connectivity index (χ0) is 16.7. The minimum Gasteiger partial charge on any atom is -0.352 e. The molecule has 0 aliphatic carbocycles. The number of hydrogen-bond donors (Lipinski definition) is 2. The van der Waals surface area contributed by atoms with E-state index in [4.69, 9.17) is 11.6 Å². The van der Waals surface area contributed by atoms with Crippen LogP contribution in [0.15, 0.2) is 54.6 Å². The normalized spacial score (nSPS) is 10.5. The highest BCUT2D eigenvalue weighted by molar-refractivity contribution is 6.32. The molecular formula is C18H17ClN2O2. The van der Waals surface area contributed by atoms with Gasteiger partial charge < -0.3 is 10.6 Å². The van der Waals surface area contributed by atoms with Crippen molar-refractivity contribution in [3.05, 3.63) is 70.8 Å². The van der Waals surface area contributed by atoms with Crippen molar-refractivity contribution in [3.63, 3.8) is 0 Å². The van der Waals surface area contributed by atoms with Crippen molar-refractivity contribution in [2.75, 3.05) is 11.9 Å². The molecule has 2 N–H and O–H groups in total. The molecule has 0 aromatic heterocycles. The van der Waals surface area contributed by atoms with Crippen LogP contribution in [0, 0.1) is 0 Å². The van der Waals surface area contributed by atoms with E-state index in [-0.39, 0.29) is 11.8 Å². The Morgan fingerprint density at radius 2 is 1.78 bits per heavy atom. The molecule has 5 heteroatoms. The van der Waals surface area contributed by atoms with E-state index < -0.39 is 0 Å². The van der Waals surface area contributed by atoms with Crippen LogP contribution in [-0.4, -0.2) is 18.4 Å². The van der Waals surface area contributed by atoms with Crippen LogP contribution in [0.2, 0.25) is 5.02 Å². The topological polar surface area (TPSA) is 58.2 Å². The van der Waals surface area contributed by atoms with Gasteiger partial charge in [-0.3, -0.25) is 9.59 Å². The van der Waals surface area contributed by atoms with Crippen molar-refractivity contribution < 1.29 is 9.59 Å². The largest absolute Gasteiger partial charge is 0.352 e. The number of para-hydroxylation sites is 1. The minimum atomic E-state index is -0.332. The molecule has 2 rings (SSSR count). The molecule has 2 aromatic rings. The average molecular weight is 329 g/mol. The number of halogens is 1. The van der Waals surface area contributed by atoms with Crippen LogP contribution in [0.25, 0.3) is 6.08 Å². The van der Waals surface area contributed by atoms with Crippen molar-refractivity contribution in [2.45, 2.75) is 6.92 Å². The van der Waals surface area contributed by atoms with Gasteiger partial charge in [0.15, 0.2) is 0 Å². The number of carbonyl (C=O) groups is 2. The molecule has 23 heavy (non-hydrogen) atoms. The third-order valence-electron chi connectivity index (χ3n) is 3.09. The molecule has 0 radical (unpaired) electrons. The lowest BCUT2D eigenvalue weighted by Crippen LogP contribution is -2.24. The fourth-order valence-corrected chi connectivity index (χ4v) is 2.19. The van der Waals surface area contributed by atoms with Crippen LogP contribution in [-0.2, 0) is 4.79 Å². The number of hydrogen-bond acceptors (Lipinski definition) is 2. The first kappa shape index (κ1) is 16.8. The molecule has 2 aromatic carbocycles. The van der Waals surface area contributed by atoms with E-state index in [1.54, 1.807) is 36.4 Å². The van der Waals surface area contributed by atoms with Crippen molar-refractivity contribution in [3.8, 4) is 0 Å². The first-order valence-electron chi connectivity index (χ1n) is 7.22. The molecule has 0 saturated carbocycles. The van der Waals surface area contributed by atoms with Gasteiger partial charge in [-0.25, -0.2) is 0 Å². The van der Waals surface area contributed by atoms with Gasteiger partial charge in [0.25, 0.3) is 5.91 Å². The Bertz CT molecular complexity index is 741. The predicted octanol–water partition coefficient (Wildman–Crippen LogP) is 3.74. The summed E-state index contributed by atoms with van der Waals surface area (Å²) in [6, 6.07) is 14.1. The van der Waals surface area contributed by atoms with Gasteiger partial charge >= 0.3 is 0 Å². The van der Waals surface area contributed by atoms with Crippen LogP contribution < -0.4 is 10.6 Å². The highest BCUT2D eigenvalue weighted by Crippen LogP contribution is 2.17. The lowest BCUT2D eigenvalue weighted by Gasteiger charge is -2.09. The van der Waals surface area contributed by atoms with E-state index in [2.05, 4.69) is 10.6 Å². The molecule has 118 valence electrons. The van der Waals surface area contributed by atoms with Crippen LogP contribution in [0.5, 0.6) is 0 Å². The summed E-state index contributed by atoms with van der Waals surface area (Å²) in [7, 11) is 0. The summed E-state index contributed by atoms with van der Waals surface area (Å²) in [5.74, 6) is -0.555. The van der Waals surface area contributed by atoms with Crippen LogP contribution in [0.3, 0.4) is 0 Å². The molecular weight excluding hydrogens is 312 g/mol. The second kappa shape index (κ2) is 8.15. The summed E-state index contributed by atoms with van der Waals surface area (Å²) in [6.07, 6.45) is 3.02. The van der Waals surface area contributed by atoms with Gasteiger partial charge in [-0.15, -0.1) is 0 Å². The number of amides is 2. The fraction of sp³-hybridized carbons (Fsp3) is 0.111. The second-order valence-electron chi connectivity index (χ2n) is 4.75. The van der Waals surface area contributed by atoms with Gasteiger partial charge in [0.1, 0.15) is 0 Å². The quantitative estimate of drug-likeness (QED) is 0.821. The van der Waals surface area contributed by atoms with Gasteiger partial charge in [-0.05, 0) is 36.8 Å². The average Bonchev–Trinajstić information content (AvgIpc) is 2.55. The number of nitrogens with one attached hydrogen (secondary N) is 2. The van der Waals surface area contributed by atoms with Crippen molar-refractivity contribution in [2.24, 2.45) is 0 Å². The number of rotatable bonds is 5. The van der Waals surface area contributed by atoms with Gasteiger partial charge in [0, 0.05) is 17.6 Å². The summed E-state index contributed by atoms with van der Waals surface area (Å²) in [4.78, 5) is 24.0. The maximum atomic E-state index is 12.1. The highest BCUT2D eigenvalue weighted by atomic mass is 35.5. The lowest BCUT2D eigenvalue weighted by molar-refractivity contribution is -0.111. The smallest absolute Gasteiger partial charge is 0.253 e. The van der Waals surface area contributed by atoms with Crippen LogP contribution in [0.4, 0.5) is 5.69 Å². The number of benzene rings is 2. The Hall–Kier alpha value is -2.59. The maximum absolute atomic E-state index is 12.1. The molecule has 4 nitrogen and oxygen atoms in total. The Morgan fingerprint density at radius 1 is 1.09 bits per heavy atom. The molecule has 0 saturated heterocycles. The predicted molar refractivity (Wildman–Crippen MR) is 93.6 cm³/mol. The third-order valence-corrected chi connectivity index (χ3v) is 3.43.